The summed E-state index contributed by atoms with van der Waals surface area (Å²) in [6.45, 7) is -0.00810. The van der Waals surface area contributed by atoms with Crippen LogP contribution in [0.2, 0.25) is 0 Å². The SMILES string of the molecule is CNS(=O)(=O)c1cc(NC(=O)NCCNc2nccc(C(F)(F)F)n2)ccc1F. The van der Waals surface area contributed by atoms with Gasteiger partial charge in [-0.1, -0.05) is 0 Å². The van der Waals surface area contributed by atoms with Gasteiger partial charge in [-0.25, -0.2) is 32.3 Å². The summed E-state index contributed by atoms with van der Waals surface area (Å²) in [5, 5.41) is 7.22. The number of nitrogens with zero attached hydrogens (tertiary/aromatic N) is 2. The van der Waals surface area contributed by atoms with Gasteiger partial charge >= 0.3 is 12.2 Å². The molecular weight excluding hydrogens is 420 g/mol. The molecule has 1 heterocycles. The zero-order valence-electron chi connectivity index (χ0n) is 14.8. The molecule has 0 aliphatic carbocycles. The topological polar surface area (TPSA) is 125 Å². The number of nitrogens with one attached hydrogen (secondary N) is 4. The zero-order valence-corrected chi connectivity index (χ0v) is 15.7. The van der Waals surface area contributed by atoms with Gasteiger partial charge in [0.05, 0.1) is 0 Å². The van der Waals surface area contributed by atoms with Crippen LogP contribution in [0.3, 0.4) is 0 Å². The fourth-order valence-corrected chi connectivity index (χ4v) is 2.85. The smallest absolute Gasteiger partial charge is 0.352 e. The third kappa shape index (κ3) is 6.25. The highest BCUT2D eigenvalue weighted by Crippen LogP contribution is 2.27. The Hall–Kier alpha value is -3.00. The molecule has 4 N–H and O–H groups in total. The Labute approximate surface area is 163 Å². The van der Waals surface area contributed by atoms with E-state index in [9.17, 15) is 30.8 Å². The third-order valence-corrected chi connectivity index (χ3v) is 4.82. The minimum absolute atomic E-state index is 0.0114. The molecule has 2 aromatic rings. The molecule has 1 aromatic carbocycles. The molecule has 14 heteroatoms. The molecule has 29 heavy (non-hydrogen) atoms. The summed E-state index contributed by atoms with van der Waals surface area (Å²) in [6, 6.07) is 2.97. The summed E-state index contributed by atoms with van der Waals surface area (Å²) in [7, 11) is -2.94. The predicted octanol–water partition coefficient (Wildman–Crippen LogP) is 1.78. The Balaban J connectivity index is 1.88. The quantitative estimate of drug-likeness (QED) is 0.387. The van der Waals surface area contributed by atoms with Gasteiger partial charge in [0, 0.05) is 25.0 Å². The van der Waals surface area contributed by atoms with Crippen LogP contribution in [-0.4, -0.2) is 44.6 Å². The lowest BCUT2D eigenvalue weighted by Gasteiger charge is -2.11. The second-order valence-corrected chi connectivity index (χ2v) is 7.28. The number of hydrogen-bond acceptors (Lipinski definition) is 6. The highest BCUT2D eigenvalue weighted by Gasteiger charge is 2.32. The van der Waals surface area contributed by atoms with Crippen molar-refractivity contribution in [1.29, 1.82) is 0 Å². The minimum Gasteiger partial charge on any atom is -0.352 e. The Bertz CT molecular complexity index is 984. The molecule has 158 valence electrons. The maximum Gasteiger partial charge on any atom is 0.433 e. The lowest BCUT2D eigenvalue weighted by molar-refractivity contribution is -0.141. The van der Waals surface area contributed by atoms with E-state index in [1.807, 2.05) is 4.72 Å². The first-order valence-corrected chi connectivity index (χ1v) is 9.43. The van der Waals surface area contributed by atoms with Crippen molar-refractivity contribution in [3.8, 4) is 0 Å². The van der Waals surface area contributed by atoms with E-state index in [2.05, 4.69) is 25.9 Å². The van der Waals surface area contributed by atoms with Crippen LogP contribution in [0.25, 0.3) is 0 Å². The van der Waals surface area contributed by atoms with Gasteiger partial charge in [0.2, 0.25) is 16.0 Å². The zero-order chi connectivity index (χ0) is 21.7. The Kier molecular flexibility index (Phi) is 6.92. The number of anilines is 2. The molecule has 0 spiro atoms. The summed E-state index contributed by atoms with van der Waals surface area (Å²) in [5.74, 6) is -1.25. The van der Waals surface area contributed by atoms with E-state index in [4.69, 9.17) is 0 Å². The van der Waals surface area contributed by atoms with Gasteiger partial charge in [0.1, 0.15) is 16.4 Å². The Morgan fingerprint density at radius 1 is 1.17 bits per heavy atom. The lowest BCUT2D eigenvalue weighted by atomic mass is 10.3. The van der Waals surface area contributed by atoms with Crippen molar-refractivity contribution in [3.05, 3.63) is 42.0 Å². The summed E-state index contributed by atoms with van der Waals surface area (Å²) < 4.78 is 76.8. The van der Waals surface area contributed by atoms with Gasteiger partial charge < -0.3 is 16.0 Å². The van der Waals surface area contributed by atoms with E-state index < -0.39 is 38.6 Å². The molecular formula is C15H16F4N6O3S. The van der Waals surface area contributed by atoms with Crippen LogP contribution in [0.5, 0.6) is 0 Å². The highest BCUT2D eigenvalue weighted by atomic mass is 32.2. The molecule has 0 saturated heterocycles. The summed E-state index contributed by atoms with van der Waals surface area (Å²) in [6.07, 6.45) is -3.66. The van der Waals surface area contributed by atoms with Gasteiger partial charge in [-0.2, -0.15) is 13.2 Å². The monoisotopic (exact) mass is 436 g/mol. The Morgan fingerprint density at radius 3 is 2.55 bits per heavy atom. The van der Waals surface area contributed by atoms with Gasteiger partial charge in [0.25, 0.3) is 0 Å². The first-order valence-electron chi connectivity index (χ1n) is 7.95. The molecule has 0 aliphatic heterocycles. The molecule has 0 fully saturated rings. The average molecular weight is 436 g/mol. The number of alkyl halides is 3. The largest absolute Gasteiger partial charge is 0.433 e. The van der Waals surface area contributed by atoms with Crippen LogP contribution in [0.4, 0.5) is 34.0 Å². The van der Waals surface area contributed by atoms with E-state index in [0.29, 0.717) is 0 Å². The summed E-state index contributed by atoms with van der Waals surface area (Å²) in [4.78, 5) is 18.1. The molecule has 0 bridgehead atoms. The standard InChI is InChI=1S/C15H16F4N6O3S/c1-20-29(27,28)11-8-9(2-3-10(11)16)24-14(26)23-7-6-22-13-21-5-4-12(25-13)15(17,18)19/h2-5,8,20H,6-7H2,1H3,(H,21,22,25)(H2,23,24,26). The number of carbonyl (C=O) groups is 1. The van der Waals surface area contributed by atoms with Crippen LogP contribution >= 0.6 is 0 Å². The fraction of sp³-hybridized carbons (Fsp3) is 0.267. The van der Waals surface area contributed by atoms with Crippen molar-refractivity contribution in [2.45, 2.75) is 11.1 Å². The molecule has 2 amide bonds. The maximum absolute atomic E-state index is 13.7. The van der Waals surface area contributed by atoms with Gasteiger partial charge in [-0.3, -0.25) is 0 Å². The van der Waals surface area contributed by atoms with Crippen molar-refractivity contribution in [1.82, 2.24) is 20.0 Å². The normalized spacial score (nSPS) is 11.8. The number of hydrogen-bond donors (Lipinski definition) is 4. The van der Waals surface area contributed by atoms with Crippen molar-refractivity contribution in [3.63, 3.8) is 0 Å². The fourth-order valence-electron chi connectivity index (χ4n) is 2.02. The van der Waals surface area contributed by atoms with Crippen molar-refractivity contribution in [2.75, 3.05) is 30.8 Å². The summed E-state index contributed by atoms with van der Waals surface area (Å²) >= 11 is 0. The third-order valence-electron chi connectivity index (χ3n) is 3.39. The molecule has 0 aliphatic rings. The lowest BCUT2D eigenvalue weighted by Crippen LogP contribution is -2.33. The molecule has 1 aromatic heterocycles. The van der Waals surface area contributed by atoms with Crippen LogP contribution in [-0.2, 0) is 16.2 Å². The molecule has 0 radical (unpaired) electrons. The van der Waals surface area contributed by atoms with E-state index in [-0.39, 0.29) is 24.7 Å². The van der Waals surface area contributed by atoms with E-state index in [1.54, 1.807) is 0 Å². The minimum atomic E-state index is -4.60. The second-order valence-electron chi connectivity index (χ2n) is 5.42. The van der Waals surface area contributed by atoms with Gasteiger partial charge in [0.15, 0.2) is 0 Å². The van der Waals surface area contributed by atoms with Crippen LogP contribution < -0.4 is 20.7 Å². The molecule has 2 rings (SSSR count). The maximum atomic E-state index is 13.7. The number of sulfonamides is 1. The number of amides is 2. The van der Waals surface area contributed by atoms with Crippen molar-refractivity contribution < 1.29 is 30.8 Å². The van der Waals surface area contributed by atoms with E-state index >= 15 is 0 Å². The first-order chi connectivity index (χ1) is 13.5. The first kappa shape index (κ1) is 22.3. The Morgan fingerprint density at radius 2 is 1.90 bits per heavy atom. The number of rotatable bonds is 7. The van der Waals surface area contributed by atoms with Crippen molar-refractivity contribution in [2.24, 2.45) is 0 Å². The van der Waals surface area contributed by atoms with Gasteiger partial charge in [-0.05, 0) is 31.3 Å². The average Bonchev–Trinajstić information content (AvgIpc) is 2.66. The van der Waals surface area contributed by atoms with E-state index in [1.165, 1.54) is 0 Å². The summed E-state index contributed by atoms with van der Waals surface area (Å²) in [5.41, 5.74) is -1.09. The molecule has 9 nitrogen and oxygen atoms in total. The molecule has 0 atom stereocenters. The number of urea groups is 1. The molecule has 0 unspecified atom stereocenters. The molecule has 0 saturated carbocycles. The predicted molar refractivity (Wildman–Crippen MR) is 95.2 cm³/mol. The van der Waals surface area contributed by atoms with E-state index in [0.717, 1.165) is 37.5 Å². The van der Waals surface area contributed by atoms with Crippen LogP contribution in [0.15, 0.2) is 35.4 Å². The number of carbonyl (C=O) groups excluding carboxylic acids is 1. The second kappa shape index (κ2) is 9.00. The van der Waals surface area contributed by atoms with Crippen LogP contribution in [0.1, 0.15) is 5.69 Å². The number of benzene rings is 1. The van der Waals surface area contributed by atoms with Crippen molar-refractivity contribution >= 4 is 27.7 Å². The van der Waals surface area contributed by atoms with Crippen LogP contribution in [0, 0.1) is 5.82 Å². The number of aromatic nitrogens is 2. The van der Waals surface area contributed by atoms with Gasteiger partial charge in [-0.15, -0.1) is 0 Å². The highest BCUT2D eigenvalue weighted by molar-refractivity contribution is 7.89. The number of halogens is 4.